The van der Waals surface area contributed by atoms with Crippen LogP contribution in [0, 0.1) is 0 Å². The zero-order chi connectivity index (χ0) is 12.3. The van der Waals surface area contributed by atoms with Gasteiger partial charge in [-0.25, -0.2) is 14.8 Å². The van der Waals surface area contributed by atoms with Gasteiger partial charge < -0.3 is 15.2 Å². The van der Waals surface area contributed by atoms with Crippen molar-refractivity contribution in [1.29, 1.82) is 0 Å². The van der Waals surface area contributed by atoms with E-state index in [-0.39, 0.29) is 12.2 Å². The molecule has 3 N–H and O–H groups in total. The molecule has 2 heterocycles. The molecule has 90 valence electrons. The number of aromatic nitrogens is 3. The summed E-state index contributed by atoms with van der Waals surface area (Å²) >= 11 is 0. The van der Waals surface area contributed by atoms with Crippen LogP contribution in [0.25, 0.3) is 11.2 Å². The second-order valence-electron chi connectivity index (χ2n) is 3.73. The number of aryl methyl sites for hydroxylation is 1. The van der Waals surface area contributed by atoms with Crippen LogP contribution >= 0.6 is 0 Å². The number of carboxylic acid groups (broad SMARTS) is 1. The van der Waals surface area contributed by atoms with E-state index in [1.165, 1.54) is 12.3 Å². The van der Waals surface area contributed by atoms with E-state index in [4.69, 9.17) is 10.2 Å². The van der Waals surface area contributed by atoms with Crippen molar-refractivity contribution in [2.24, 2.45) is 0 Å². The quantitative estimate of drug-likeness (QED) is 0.670. The highest BCUT2D eigenvalue weighted by Crippen LogP contribution is 2.15. The summed E-state index contributed by atoms with van der Waals surface area (Å²) in [7, 11) is 0. The van der Waals surface area contributed by atoms with Crippen LogP contribution in [0.1, 0.15) is 29.0 Å². The summed E-state index contributed by atoms with van der Waals surface area (Å²) in [5.41, 5.74) is 1.05. The van der Waals surface area contributed by atoms with E-state index in [1.807, 2.05) is 0 Å². The Labute approximate surface area is 97.3 Å². The van der Waals surface area contributed by atoms with Crippen LogP contribution in [-0.2, 0) is 6.42 Å². The zero-order valence-corrected chi connectivity index (χ0v) is 9.18. The van der Waals surface area contributed by atoms with Crippen LogP contribution in [0.4, 0.5) is 0 Å². The maximum atomic E-state index is 11.0. The fourth-order valence-electron chi connectivity index (χ4n) is 1.66. The van der Waals surface area contributed by atoms with E-state index >= 15 is 0 Å². The van der Waals surface area contributed by atoms with Gasteiger partial charge in [-0.2, -0.15) is 0 Å². The largest absolute Gasteiger partial charge is 0.478 e. The van der Waals surface area contributed by atoms with Crippen molar-refractivity contribution in [3.63, 3.8) is 0 Å². The van der Waals surface area contributed by atoms with Gasteiger partial charge in [-0.15, -0.1) is 0 Å². The Morgan fingerprint density at radius 1 is 1.41 bits per heavy atom. The summed E-state index contributed by atoms with van der Waals surface area (Å²) in [6.07, 6.45) is 3.62. The molecule has 2 aromatic heterocycles. The molecule has 6 heteroatoms. The third-order valence-electron chi connectivity index (χ3n) is 2.49. The second-order valence-corrected chi connectivity index (χ2v) is 3.73. The number of carboxylic acids is 1. The average Bonchev–Trinajstić information content (AvgIpc) is 2.71. The highest BCUT2D eigenvalue weighted by molar-refractivity contribution is 5.99. The summed E-state index contributed by atoms with van der Waals surface area (Å²) in [4.78, 5) is 22.2. The minimum absolute atomic E-state index is 0.152. The summed E-state index contributed by atoms with van der Waals surface area (Å²) in [5, 5.41) is 17.7. The Bertz CT molecular complexity index is 536. The highest BCUT2D eigenvalue weighted by atomic mass is 16.4. The number of aromatic carboxylic acids is 1. The molecule has 0 radical (unpaired) electrons. The van der Waals surface area contributed by atoms with Crippen molar-refractivity contribution in [1.82, 2.24) is 15.0 Å². The Hall–Kier alpha value is -1.95. The van der Waals surface area contributed by atoms with Crippen molar-refractivity contribution in [3.05, 3.63) is 23.7 Å². The van der Waals surface area contributed by atoms with Gasteiger partial charge in [0.2, 0.25) is 0 Å². The molecule has 2 rings (SSSR count). The van der Waals surface area contributed by atoms with Gasteiger partial charge in [0.1, 0.15) is 5.82 Å². The summed E-state index contributed by atoms with van der Waals surface area (Å²) < 4.78 is 0. The number of hydrogen-bond donors (Lipinski definition) is 3. The highest BCUT2D eigenvalue weighted by Gasteiger charge is 2.12. The number of carbonyl (C=O) groups is 1. The van der Waals surface area contributed by atoms with Gasteiger partial charge in [0.15, 0.2) is 5.65 Å². The fraction of sp³-hybridized carbons (Fsp3) is 0.364. The Kier molecular flexibility index (Phi) is 3.34. The van der Waals surface area contributed by atoms with Gasteiger partial charge in [-0.3, -0.25) is 0 Å². The molecular formula is C11H13N3O3. The molecule has 0 fully saturated rings. The first-order valence-electron chi connectivity index (χ1n) is 5.40. The minimum atomic E-state index is -0.997. The monoisotopic (exact) mass is 235 g/mol. The van der Waals surface area contributed by atoms with Crippen LogP contribution in [0.3, 0.4) is 0 Å². The summed E-state index contributed by atoms with van der Waals surface area (Å²) in [6.45, 7) is 0.152. The van der Waals surface area contributed by atoms with Crippen LogP contribution in [0.15, 0.2) is 12.3 Å². The Morgan fingerprint density at radius 2 is 2.24 bits per heavy atom. The van der Waals surface area contributed by atoms with Gasteiger partial charge in [-0.1, -0.05) is 0 Å². The molecule has 6 nitrogen and oxygen atoms in total. The maximum absolute atomic E-state index is 11.0. The molecule has 0 saturated carbocycles. The molecule has 0 aliphatic rings. The lowest BCUT2D eigenvalue weighted by atomic mass is 10.2. The average molecular weight is 235 g/mol. The first-order valence-corrected chi connectivity index (χ1v) is 5.40. The number of unbranched alkanes of at least 4 members (excludes halogenated alkanes) is 1. The van der Waals surface area contributed by atoms with Gasteiger partial charge in [-0.05, 0) is 18.9 Å². The smallest absolute Gasteiger partial charge is 0.338 e. The molecule has 0 aliphatic heterocycles. The molecule has 0 unspecified atom stereocenters. The molecular weight excluding hydrogens is 222 g/mol. The van der Waals surface area contributed by atoms with Crippen molar-refractivity contribution in [2.45, 2.75) is 19.3 Å². The molecule has 0 atom stereocenters. The molecule has 0 saturated heterocycles. The van der Waals surface area contributed by atoms with E-state index < -0.39 is 5.97 Å². The lowest BCUT2D eigenvalue weighted by Crippen LogP contribution is -1.97. The SMILES string of the molecule is O=C(O)c1ccnc2nc(CCCCO)[nH]c12. The standard InChI is InChI=1S/C11H13N3O3/c15-6-2-1-3-8-13-9-7(11(16)17)4-5-12-10(9)14-8/h4-5,15H,1-3,6H2,(H,16,17)(H,12,13,14). The van der Waals surface area contributed by atoms with E-state index in [0.29, 0.717) is 29.8 Å². The Balaban J connectivity index is 2.30. The molecule has 0 spiro atoms. The van der Waals surface area contributed by atoms with Crippen molar-refractivity contribution in [2.75, 3.05) is 6.61 Å². The van der Waals surface area contributed by atoms with Crippen LogP contribution in [0.5, 0.6) is 0 Å². The number of aliphatic hydroxyl groups is 1. The van der Waals surface area contributed by atoms with Crippen LogP contribution < -0.4 is 0 Å². The first kappa shape index (κ1) is 11.5. The Morgan fingerprint density at radius 3 is 2.94 bits per heavy atom. The number of nitrogens with zero attached hydrogens (tertiary/aromatic N) is 2. The lowest BCUT2D eigenvalue weighted by Gasteiger charge is -1.94. The molecule has 0 aromatic carbocycles. The molecule has 0 amide bonds. The predicted octanol–water partition coefficient (Wildman–Crippen LogP) is 0.971. The number of aliphatic hydroxyl groups excluding tert-OH is 1. The van der Waals surface area contributed by atoms with Gasteiger partial charge >= 0.3 is 5.97 Å². The van der Waals surface area contributed by atoms with Crippen LogP contribution in [-0.4, -0.2) is 37.7 Å². The third kappa shape index (κ3) is 2.42. The number of hydrogen-bond acceptors (Lipinski definition) is 4. The van der Waals surface area contributed by atoms with E-state index in [2.05, 4.69) is 15.0 Å². The molecule has 0 aliphatic carbocycles. The topological polar surface area (TPSA) is 99.1 Å². The van der Waals surface area contributed by atoms with Gasteiger partial charge in [0.25, 0.3) is 0 Å². The first-order chi connectivity index (χ1) is 8.22. The van der Waals surface area contributed by atoms with Gasteiger partial charge in [0, 0.05) is 19.2 Å². The number of imidazole rings is 1. The number of H-pyrrole nitrogens is 1. The predicted molar refractivity (Wildman–Crippen MR) is 60.9 cm³/mol. The number of aromatic amines is 1. The van der Waals surface area contributed by atoms with Crippen molar-refractivity contribution in [3.8, 4) is 0 Å². The maximum Gasteiger partial charge on any atom is 0.338 e. The number of nitrogens with one attached hydrogen (secondary N) is 1. The summed E-state index contributed by atoms with van der Waals surface area (Å²) in [5.74, 6) is -0.294. The van der Waals surface area contributed by atoms with Crippen LogP contribution in [0.2, 0.25) is 0 Å². The molecule has 17 heavy (non-hydrogen) atoms. The van der Waals surface area contributed by atoms with Crippen molar-refractivity contribution < 1.29 is 15.0 Å². The zero-order valence-electron chi connectivity index (χ0n) is 9.18. The van der Waals surface area contributed by atoms with E-state index in [1.54, 1.807) is 0 Å². The van der Waals surface area contributed by atoms with E-state index in [9.17, 15) is 4.79 Å². The molecule has 2 aromatic rings. The number of fused-ring (bicyclic) bond motifs is 1. The third-order valence-corrected chi connectivity index (χ3v) is 2.49. The van der Waals surface area contributed by atoms with Crippen molar-refractivity contribution >= 4 is 17.1 Å². The fourth-order valence-corrected chi connectivity index (χ4v) is 1.66. The minimum Gasteiger partial charge on any atom is -0.478 e. The summed E-state index contributed by atoms with van der Waals surface area (Å²) in [6, 6.07) is 1.44. The number of rotatable bonds is 5. The lowest BCUT2D eigenvalue weighted by molar-refractivity contribution is 0.0698. The molecule has 0 bridgehead atoms. The number of pyridine rings is 1. The van der Waals surface area contributed by atoms with Gasteiger partial charge in [0.05, 0.1) is 11.1 Å². The normalized spacial score (nSPS) is 10.9. The van der Waals surface area contributed by atoms with E-state index in [0.717, 1.165) is 6.42 Å². The second kappa shape index (κ2) is 4.92.